The molecule has 2 aliphatic heterocycles. The first-order valence-corrected chi connectivity index (χ1v) is 9.92. The number of benzene rings is 2. The van der Waals surface area contributed by atoms with Crippen molar-refractivity contribution in [2.75, 3.05) is 26.4 Å². The lowest BCUT2D eigenvalue weighted by Crippen LogP contribution is -2.30. The van der Waals surface area contributed by atoms with Gasteiger partial charge in [-0.3, -0.25) is 0 Å². The van der Waals surface area contributed by atoms with Gasteiger partial charge >= 0.3 is 0 Å². The van der Waals surface area contributed by atoms with Crippen molar-refractivity contribution in [1.29, 1.82) is 0 Å². The quantitative estimate of drug-likeness (QED) is 0.721. The number of para-hydroxylation sites is 1. The van der Waals surface area contributed by atoms with E-state index in [-0.39, 0.29) is 6.10 Å². The van der Waals surface area contributed by atoms with Crippen molar-refractivity contribution in [3.05, 3.63) is 65.7 Å². The summed E-state index contributed by atoms with van der Waals surface area (Å²) in [7, 11) is 0. The van der Waals surface area contributed by atoms with Gasteiger partial charge in [0.15, 0.2) is 11.6 Å². The monoisotopic (exact) mass is 384 g/mol. The highest BCUT2D eigenvalue weighted by atomic mass is 16.8. The van der Waals surface area contributed by atoms with Crippen LogP contribution in [0, 0.1) is 0 Å². The smallest absolute Gasteiger partial charge is 0.198 e. The summed E-state index contributed by atoms with van der Waals surface area (Å²) >= 11 is 0. The second-order valence-electron chi connectivity index (χ2n) is 7.69. The van der Waals surface area contributed by atoms with Crippen LogP contribution in [-0.2, 0) is 31.2 Å². The molecule has 2 saturated heterocycles. The van der Waals surface area contributed by atoms with E-state index in [4.69, 9.17) is 23.7 Å². The molecule has 2 heterocycles. The van der Waals surface area contributed by atoms with Crippen LogP contribution in [0.3, 0.4) is 0 Å². The van der Waals surface area contributed by atoms with Crippen LogP contribution in [0.1, 0.15) is 31.4 Å². The second kappa shape index (κ2) is 8.21. The summed E-state index contributed by atoms with van der Waals surface area (Å²) < 4.78 is 29.9. The lowest BCUT2D eigenvalue weighted by atomic mass is 9.97. The molecule has 0 amide bonds. The maximum absolute atomic E-state index is 6.14. The average molecular weight is 384 g/mol. The van der Waals surface area contributed by atoms with Crippen molar-refractivity contribution in [3.8, 4) is 5.75 Å². The summed E-state index contributed by atoms with van der Waals surface area (Å²) in [5.74, 6) is -0.563. The predicted molar refractivity (Wildman–Crippen MR) is 105 cm³/mol. The van der Waals surface area contributed by atoms with Crippen molar-refractivity contribution < 1.29 is 23.7 Å². The Labute approximate surface area is 166 Å². The molecule has 150 valence electrons. The Morgan fingerprint density at radius 1 is 0.929 bits per heavy atom. The van der Waals surface area contributed by atoms with E-state index in [1.54, 1.807) is 0 Å². The van der Waals surface area contributed by atoms with Gasteiger partial charge in [0.1, 0.15) is 18.5 Å². The Morgan fingerprint density at radius 2 is 1.64 bits per heavy atom. The number of aryl methyl sites for hydroxylation is 1. The van der Waals surface area contributed by atoms with Crippen LogP contribution in [-0.4, -0.2) is 38.3 Å². The van der Waals surface area contributed by atoms with Crippen LogP contribution in [0.25, 0.3) is 0 Å². The van der Waals surface area contributed by atoms with Crippen molar-refractivity contribution in [3.63, 3.8) is 0 Å². The fourth-order valence-electron chi connectivity index (χ4n) is 3.78. The minimum atomic E-state index is -0.779. The molecule has 0 radical (unpaired) electrons. The van der Waals surface area contributed by atoms with E-state index >= 15 is 0 Å². The second-order valence-corrected chi connectivity index (χ2v) is 7.69. The first-order valence-electron chi connectivity index (χ1n) is 9.92. The Morgan fingerprint density at radius 3 is 2.36 bits per heavy atom. The molecule has 0 unspecified atom stereocenters. The summed E-state index contributed by atoms with van der Waals surface area (Å²) in [5, 5.41) is 0. The third-order valence-electron chi connectivity index (χ3n) is 5.13. The molecule has 5 nitrogen and oxygen atoms in total. The minimum absolute atomic E-state index is 0.0891. The van der Waals surface area contributed by atoms with Crippen molar-refractivity contribution in [1.82, 2.24) is 0 Å². The molecular formula is C23H28O5. The summed E-state index contributed by atoms with van der Waals surface area (Å²) in [6.45, 7) is 5.95. The van der Waals surface area contributed by atoms with E-state index in [1.807, 2.05) is 44.2 Å². The van der Waals surface area contributed by atoms with Crippen LogP contribution in [0.4, 0.5) is 0 Å². The zero-order chi connectivity index (χ0) is 19.5. The minimum Gasteiger partial charge on any atom is -0.490 e. The Bertz CT molecular complexity index is 768. The molecular weight excluding hydrogens is 356 g/mol. The molecule has 2 fully saturated rings. The standard InChI is InChI=1S/C23H28O5/c1-22(2)27-17-19(28-22)16-24-21-11-7-6-10-20(21)23(25-14-15-26-23)13-12-18-8-4-3-5-9-18/h3-11,19H,12-17H2,1-2H3/t19-/m0/s1. The van der Waals surface area contributed by atoms with Gasteiger partial charge in [0.05, 0.1) is 25.4 Å². The van der Waals surface area contributed by atoms with Crippen LogP contribution in [0.2, 0.25) is 0 Å². The molecule has 0 N–H and O–H groups in total. The van der Waals surface area contributed by atoms with Crippen LogP contribution >= 0.6 is 0 Å². The Kier molecular flexibility index (Phi) is 5.69. The molecule has 1 atom stereocenters. The van der Waals surface area contributed by atoms with Crippen molar-refractivity contribution in [2.45, 2.75) is 44.4 Å². The molecule has 0 aliphatic carbocycles. The number of ether oxygens (including phenoxy) is 5. The van der Waals surface area contributed by atoms with Gasteiger partial charge in [-0.05, 0) is 38.0 Å². The Balaban J connectivity index is 1.49. The molecule has 4 rings (SSSR count). The molecule has 0 saturated carbocycles. The predicted octanol–water partition coefficient (Wildman–Crippen LogP) is 4.05. The molecule has 0 bridgehead atoms. The Hall–Kier alpha value is -1.92. The van der Waals surface area contributed by atoms with Gasteiger partial charge in [-0.2, -0.15) is 0 Å². The van der Waals surface area contributed by atoms with E-state index in [1.165, 1.54) is 5.56 Å². The fourth-order valence-corrected chi connectivity index (χ4v) is 3.78. The first-order chi connectivity index (χ1) is 13.6. The lowest BCUT2D eigenvalue weighted by Gasteiger charge is -2.30. The highest BCUT2D eigenvalue weighted by molar-refractivity contribution is 5.37. The molecule has 28 heavy (non-hydrogen) atoms. The maximum atomic E-state index is 6.14. The molecule has 0 aromatic heterocycles. The van der Waals surface area contributed by atoms with Crippen LogP contribution < -0.4 is 4.74 Å². The van der Waals surface area contributed by atoms with E-state index in [9.17, 15) is 0 Å². The third-order valence-corrected chi connectivity index (χ3v) is 5.13. The van der Waals surface area contributed by atoms with Gasteiger partial charge in [-0.15, -0.1) is 0 Å². The summed E-state index contributed by atoms with van der Waals surface area (Å²) in [6.07, 6.45) is 1.50. The third kappa shape index (κ3) is 4.39. The summed E-state index contributed by atoms with van der Waals surface area (Å²) in [4.78, 5) is 0. The fraction of sp³-hybridized carbons (Fsp3) is 0.478. The first kappa shape index (κ1) is 19.4. The normalized spacial score (nSPS) is 23.0. The van der Waals surface area contributed by atoms with E-state index in [2.05, 4.69) is 24.3 Å². The largest absolute Gasteiger partial charge is 0.490 e. The lowest BCUT2D eigenvalue weighted by molar-refractivity contribution is -0.171. The van der Waals surface area contributed by atoms with Gasteiger partial charge in [0.2, 0.25) is 0 Å². The highest BCUT2D eigenvalue weighted by Gasteiger charge is 2.41. The van der Waals surface area contributed by atoms with Gasteiger partial charge in [-0.25, -0.2) is 0 Å². The highest BCUT2D eigenvalue weighted by Crippen LogP contribution is 2.41. The van der Waals surface area contributed by atoms with Crippen molar-refractivity contribution >= 4 is 0 Å². The van der Waals surface area contributed by atoms with E-state index in [0.717, 1.165) is 24.2 Å². The number of rotatable bonds is 7. The zero-order valence-electron chi connectivity index (χ0n) is 16.6. The molecule has 2 aromatic rings. The van der Waals surface area contributed by atoms with E-state index < -0.39 is 11.6 Å². The van der Waals surface area contributed by atoms with Crippen LogP contribution in [0.5, 0.6) is 5.75 Å². The molecule has 2 aliphatic rings. The topological polar surface area (TPSA) is 46.2 Å². The SMILES string of the molecule is CC1(C)OC[C@H](COc2ccccc2C2(CCc3ccccc3)OCCO2)O1. The number of hydrogen-bond acceptors (Lipinski definition) is 5. The molecule has 5 heteroatoms. The molecule has 0 spiro atoms. The summed E-state index contributed by atoms with van der Waals surface area (Å²) in [6, 6.07) is 18.4. The van der Waals surface area contributed by atoms with Gasteiger partial charge in [-0.1, -0.05) is 42.5 Å². The number of hydrogen-bond donors (Lipinski definition) is 0. The van der Waals surface area contributed by atoms with E-state index in [0.29, 0.717) is 26.4 Å². The molecule has 2 aromatic carbocycles. The zero-order valence-corrected chi connectivity index (χ0v) is 16.6. The maximum Gasteiger partial charge on any atom is 0.198 e. The van der Waals surface area contributed by atoms with Crippen LogP contribution in [0.15, 0.2) is 54.6 Å². The average Bonchev–Trinajstić information content (AvgIpc) is 3.33. The summed E-state index contributed by atoms with van der Waals surface area (Å²) in [5.41, 5.74) is 2.19. The van der Waals surface area contributed by atoms with Crippen molar-refractivity contribution in [2.24, 2.45) is 0 Å². The van der Waals surface area contributed by atoms with Gasteiger partial charge < -0.3 is 23.7 Å². The van der Waals surface area contributed by atoms with Gasteiger partial charge in [0, 0.05) is 6.42 Å². The van der Waals surface area contributed by atoms with Gasteiger partial charge in [0.25, 0.3) is 0 Å².